The number of amides is 1. The number of rotatable bonds is 3. The zero-order chi connectivity index (χ0) is 12.3. The van der Waals surface area contributed by atoms with E-state index in [9.17, 15) is 4.79 Å². The Kier molecular flexibility index (Phi) is 3.89. The normalized spacial score (nSPS) is 13.3. The molecule has 0 aliphatic carbocycles. The van der Waals surface area contributed by atoms with E-state index in [2.05, 4.69) is 21.2 Å². The Hall–Kier alpha value is -1.23. The van der Waals surface area contributed by atoms with E-state index in [1.54, 1.807) is 12.1 Å². The lowest BCUT2D eigenvalue weighted by molar-refractivity contribution is 0.0951. The number of ether oxygens (including phenoxy) is 2. The van der Waals surface area contributed by atoms with E-state index in [4.69, 9.17) is 9.47 Å². The molecule has 1 aromatic carbocycles. The van der Waals surface area contributed by atoms with E-state index >= 15 is 0 Å². The van der Waals surface area contributed by atoms with Crippen LogP contribution in [0.3, 0.4) is 0 Å². The van der Waals surface area contributed by atoms with Crippen molar-refractivity contribution < 1.29 is 14.3 Å². The molecule has 0 spiro atoms. The molecule has 0 aromatic heterocycles. The van der Waals surface area contributed by atoms with Gasteiger partial charge in [-0.25, -0.2) is 0 Å². The molecule has 0 bridgehead atoms. The molecule has 0 atom stereocenters. The predicted molar refractivity (Wildman–Crippen MR) is 67.8 cm³/mol. The number of benzene rings is 1. The van der Waals surface area contributed by atoms with Crippen LogP contribution in [0.4, 0.5) is 0 Å². The Morgan fingerprint density at radius 1 is 1.35 bits per heavy atom. The number of hydrogen-bond acceptors (Lipinski definition) is 3. The van der Waals surface area contributed by atoms with Crippen molar-refractivity contribution in [2.45, 2.75) is 13.3 Å². The standard InChI is InChI=1S/C12H14BrNO3/c1-2-3-14-12(15)8-6-10-11(7-9(8)13)17-5-4-16-10/h6-7H,2-5H2,1H3,(H,14,15). The SMILES string of the molecule is CCCNC(=O)c1cc2c(cc1Br)OCCO2. The minimum atomic E-state index is -0.101. The molecular formula is C12H14BrNO3. The molecule has 1 heterocycles. The molecule has 1 amide bonds. The quantitative estimate of drug-likeness (QED) is 0.932. The average molecular weight is 300 g/mol. The fourth-order valence-electron chi connectivity index (χ4n) is 1.57. The highest BCUT2D eigenvalue weighted by molar-refractivity contribution is 9.10. The third kappa shape index (κ3) is 2.72. The predicted octanol–water partition coefficient (Wildman–Crippen LogP) is 2.36. The number of halogens is 1. The van der Waals surface area contributed by atoms with Gasteiger partial charge in [-0.2, -0.15) is 0 Å². The average Bonchev–Trinajstić information content (AvgIpc) is 2.35. The molecule has 92 valence electrons. The summed E-state index contributed by atoms with van der Waals surface area (Å²) in [7, 11) is 0. The number of fused-ring (bicyclic) bond motifs is 1. The lowest BCUT2D eigenvalue weighted by Gasteiger charge is -2.19. The van der Waals surface area contributed by atoms with Crippen LogP contribution in [0.5, 0.6) is 11.5 Å². The Bertz CT molecular complexity index is 434. The number of nitrogens with one attached hydrogen (secondary N) is 1. The van der Waals surface area contributed by atoms with Crippen LogP contribution in [-0.2, 0) is 0 Å². The van der Waals surface area contributed by atoms with Gasteiger partial charge in [0.25, 0.3) is 5.91 Å². The first kappa shape index (κ1) is 12.2. The first-order valence-corrected chi connectivity index (χ1v) is 6.39. The molecule has 4 nitrogen and oxygen atoms in total. The van der Waals surface area contributed by atoms with Gasteiger partial charge in [-0.05, 0) is 34.5 Å². The van der Waals surface area contributed by atoms with Crippen LogP contribution in [-0.4, -0.2) is 25.7 Å². The van der Waals surface area contributed by atoms with Gasteiger partial charge in [0.15, 0.2) is 11.5 Å². The van der Waals surface area contributed by atoms with Gasteiger partial charge < -0.3 is 14.8 Å². The molecule has 1 aliphatic rings. The van der Waals surface area contributed by atoms with Crippen molar-refractivity contribution in [1.82, 2.24) is 5.32 Å². The summed E-state index contributed by atoms with van der Waals surface area (Å²) in [6.07, 6.45) is 0.911. The van der Waals surface area contributed by atoms with Gasteiger partial charge in [-0.15, -0.1) is 0 Å². The van der Waals surface area contributed by atoms with E-state index in [0.29, 0.717) is 36.8 Å². The second-order valence-corrected chi connectivity index (χ2v) is 4.59. The summed E-state index contributed by atoms with van der Waals surface area (Å²) in [6.45, 7) is 3.74. The minimum Gasteiger partial charge on any atom is -0.486 e. The van der Waals surface area contributed by atoms with Gasteiger partial charge in [0, 0.05) is 11.0 Å². The van der Waals surface area contributed by atoms with Crippen molar-refractivity contribution in [2.75, 3.05) is 19.8 Å². The van der Waals surface area contributed by atoms with Crippen molar-refractivity contribution in [3.8, 4) is 11.5 Å². The van der Waals surface area contributed by atoms with Gasteiger partial charge >= 0.3 is 0 Å². The zero-order valence-corrected chi connectivity index (χ0v) is 11.2. The topological polar surface area (TPSA) is 47.6 Å². The summed E-state index contributed by atoms with van der Waals surface area (Å²) < 4.78 is 11.6. The second-order valence-electron chi connectivity index (χ2n) is 3.73. The minimum absolute atomic E-state index is 0.101. The van der Waals surface area contributed by atoms with Crippen molar-refractivity contribution in [3.05, 3.63) is 22.2 Å². The van der Waals surface area contributed by atoms with Crippen molar-refractivity contribution in [2.24, 2.45) is 0 Å². The fraction of sp³-hybridized carbons (Fsp3) is 0.417. The maximum absolute atomic E-state index is 11.9. The van der Waals surface area contributed by atoms with Crippen LogP contribution in [0.2, 0.25) is 0 Å². The molecule has 0 unspecified atom stereocenters. The third-order valence-electron chi connectivity index (χ3n) is 2.41. The highest BCUT2D eigenvalue weighted by atomic mass is 79.9. The van der Waals surface area contributed by atoms with Gasteiger partial charge in [-0.3, -0.25) is 4.79 Å². The highest BCUT2D eigenvalue weighted by Gasteiger charge is 2.18. The lowest BCUT2D eigenvalue weighted by Crippen LogP contribution is -2.25. The van der Waals surface area contributed by atoms with E-state index < -0.39 is 0 Å². The first-order chi connectivity index (χ1) is 8.22. The molecule has 5 heteroatoms. The largest absolute Gasteiger partial charge is 0.486 e. The Morgan fingerprint density at radius 3 is 2.65 bits per heavy atom. The van der Waals surface area contributed by atoms with E-state index in [0.717, 1.165) is 10.9 Å². The maximum atomic E-state index is 11.9. The van der Waals surface area contributed by atoms with Crippen LogP contribution < -0.4 is 14.8 Å². The van der Waals surface area contributed by atoms with Gasteiger partial charge in [0.2, 0.25) is 0 Å². The van der Waals surface area contributed by atoms with E-state index in [1.165, 1.54) is 0 Å². The summed E-state index contributed by atoms with van der Waals surface area (Å²) in [4.78, 5) is 11.9. The summed E-state index contributed by atoms with van der Waals surface area (Å²) in [5.41, 5.74) is 0.572. The lowest BCUT2D eigenvalue weighted by atomic mass is 10.2. The first-order valence-electron chi connectivity index (χ1n) is 5.59. The third-order valence-corrected chi connectivity index (χ3v) is 3.07. The molecule has 0 fully saturated rings. The second kappa shape index (κ2) is 5.40. The summed E-state index contributed by atoms with van der Waals surface area (Å²) in [6, 6.07) is 3.49. The summed E-state index contributed by atoms with van der Waals surface area (Å²) >= 11 is 3.37. The van der Waals surface area contributed by atoms with Crippen LogP contribution in [0.15, 0.2) is 16.6 Å². The van der Waals surface area contributed by atoms with Crippen molar-refractivity contribution >= 4 is 21.8 Å². The van der Waals surface area contributed by atoms with Crippen LogP contribution in [0.1, 0.15) is 23.7 Å². The highest BCUT2D eigenvalue weighted by Crippen LogP contribution is 2.35. The number of carbonyl (C=O) groups excluding carboxylic acids is 1. The van der Waals surface area contributed by atoms with E-state index in [1.807, 2.05) is 6.92 Å². The van der Waals surface area contributed by atoms with Crippen LogP contribution >= 0.6 is 15.9 Å². The summed E-state index contributed by atoms with van der Waals surface area (Å²) in [5.74, 6) is 1.20. The summed E-state index contributed by atoms with van der Waals surface area (Å²) in [5, 5.41) is 2.83. The Labute approximate surface area is 108 Å². The molecule has 0 radical (unpaired) electrons. The maximum Gasteiger partial charge on any atom is 0.252 e. The van der Waals surface area contributed by atoms with Gasteiger partial charge in [-0.1, -0.05) is 6.92 Å². The van der Waals surface area contributed by atoms with Crippen molar-refractivity contribution in [3.63, 3.8) is 0 Å². The van der Waals surface area contributed by atoms with Crippen LogP contribution in [0.25, 0.3) is 0 Å². The van der Waals surface area contributed by atoms with E-state index in [-0.39, 0.29) is 5.91 Å². The monoisotopic (exact) mass is 299 g/mol. The molecule has 0 saturated carbocycles. The smallest absolute Gasteiger partial charge is 0.252 e. The number of carbonyl (C=O) groups is 1. The molecule has 17 heavy (non-hydrogen) atoms. The fourth-order valence-corrected chi connectivity index (χ4v) is 2.07. The van der Waals surface area contributed by atoms with Gasteiger partial charge in [0.1, 0.15) is 13.2 Å². The Balaban J connectivity index is 2.25. The molecule has 1 aliphatic heterocycles. The molecule has 1 N–H and O–H groups in total. The van der Waals surface area contributed by atoms with Gasteiger partial charge in [0.05, 0.1) is 5.56 Å². The molecule has 0 saturated heterocycles. The zero-order valence-electron chi connectivity index (χ0n) is 9.59. The van der Waals surface area contributed by atoms with Crippen molar-refractivity contribution in [1.29, 1.82) is 0 Å². The molecule has 1 aromatic rings. The number of hydrogen-bond donors (Lipinski definition) is 1. The van der Waals surface area contributed by atoms with Crippen LogP contribution in [0, 0.1) is 0 Å². The Morgan fingerprint density at radius 2 is 2.00 bits per heavy atom. The molecular weight excluding hydrogens is 286 g/mol. The molecule has 2 rings (SSSR count).